The van der Waals surface area contributed by atoms with Crippen LogP contribution in [-0.2, 0) is 11.3 Å². The fourth-order valence-corrected chi connectivity index (χ4v) is 2.42. The van der Waals surface area contributed by atoms with Gasteiger partial charge in [0.2, 0.25) is 0 Å². The van der Waals surface area contributed by atoms with Crippen LogP contribution >= 0.6 is 11.3 Å². The Morgan fingerprint density at radius 2 is 2.40 bits per heavy atom. The van der Waals surface area contributed by atoms with Gasteiger partial charge in [-0.05, 0) is 33.1 Å². The third-order valence-corrected chi connectivity index (χ3v) is 3.87. The van der Waals surface area contributed by atoms with E-state index in [-0.39, 0.29) is 0 Å². The molecule has 0 aromatic carbocycles. The van der Waals surface area contributed by atoms with Crippen LogP contribution < -0.4 is 10.6 Å². The quantitative estimate of drug-likeness (QED) is 0.438. The average molecular weight is 296 g/mol. The first-order chi connectivity index (χ1) is 9.78. The molecule has 0 saturated heterocycles. The molecular formula is C14H24N4OS. The van der Waals surface area contributed by atoms with Gasteiger partial charge in [-0.2, -0.15) is 0 Å². The van der Waals surface area contributed by atoms with Crippen LogP contribution in [0.5, 0.6) is 0 Å². The van der Waals surface area contributed by atoms with E-state index in [1.165, 1.54) is 12.8 Å². The summed E-state index contributed by atoms with van der Waals surface area (Å²) in [5.41, 5.74) is 1.07. The Hall–Kier alpha value is -1.14. The number of hydrogen-bond acceptors (Lipinski definition) is 4. The number of nitrogens with zero attached hydrogens (tertiary/aromatic N) is 2. The van der Waals surface area contributed by atoms with Crippen molar-refractivity contribution in [3.05, 3.63) is 16.1 Å². The van der Waals surface area contributed by atoms with Gasteiger partial charge < -0.3 is 15.4 Å². The Morgan fingerprint density at radius 1 is 1.55 bits per heavy atom. The van der Waals surface area contributed by atoms with Gasteiger partial charge in [-0.3, -0.25) is 0 Å². The van der Waals surface area contributed by atoms with Crippen LogP contribution in [0.2, 0.25) is 0 Å². The van der Waals surface area contributed by atoms with Gasteiger partial charge in [-0.15, -0.1) is 11.3 Å². The zero-order valence-electron chi connectivity index (χ0n) is 12.3. The lowest BCUT2D eigenvalue weighted by atomic mass is 10.4. The van der Waals surface area contributed by atoms with Gasteiger partial charge in [0.05, 0.1) is 6.54 Å². The molecule has 0 radical (unpaired) electrons. The lowest BCUT2D eigenvalue weighted by Crippen LogP contribution is -2.39. The van der Waals surface area contributed by atoms with Crippen LogP contribution in [0.15, 0.2) is 10.4 Å². The molecule has 20 heavy (non-hydrogen) atoms. The number of aliphatic imine (C=N–C) groups is 1. The summed E-state index contributed by atoms with van der Waals surface area (Å²) >= 11 is 1.67. The molecule has 6 heteroatoms. The summed E-state index contributed by atoms with van der Waals surface area (Å²) in [5, 5.41) is 9.92. The minimum Gasteiger partial charge on any atom is -0.382 e. The van der Waals surface area contributed by atoms with Crippen molar-refractivity contribution in [2.24, 2.45) is 4.99 Å². The van der Waals surface area contributed by atoms with Crippen molar-refractivity contribution in [3.8, 4) is 0 Å². The van der Waals surface area contributed by atoms with Gasteiger partial charge in [-0.25, -0.2) is 9.98 Å². The standard InChI is InChI=1S/C14H24N4OS/c1-3-19-8-4-7-15-14(18-12-5-6-12)16-9-13-17-11(2)10-20-13/h10,12H,3-9H2,1-2H3,(H2,15,16,18). The number of ether oxygens (including phenoxy) is 1. The van der Waals surface area contributed by atoms with E-state index in [2.05, 4.69) is 26.0 Å². The number of rotatable bonds is 8. The van der Waals surface area contributed by atoms with Crippen molar-refractivity contribution in [1.29, 1.82) is 0 Å². The van der Waals surface area contributed by atoms with E-state index in [1.807, 2.05) is 13.8 Å². The van der Waals surface area contributed by atoms with E-state index >= 15 is 0 Å². The molecule has 2 rings (SSSR count). The van der Waals surface area contributed by atoms with Crippen LogP contribution in [0.4, 0.5) is 0 Å². The molecule has 1 aliphatic rings. The monoisotopic (exact) mass is 296 g/mol. The van der Waals surface area contributed by atoms with E-state index in [9.17, 15) is 0 Å². The molecular weight excluding hydrogens is 272 g/mol. The highest BCUT2D eigenvalue weighted by molar-refractivity contribution is 7.09. The fourth-order valence-electron chi connectivity index (χ4n) is 1.72. The second-order valence-corrected chi connectivity index (χ2v) is 5.89. The highest BCUT2D eigenvalue weighted by Gasteiger charge is 2.22. The van der Waals surface area contributed by atoms with Gasteiger partial charge in [0, 0.05) is 36.9 Å². The van der Waals surface area contributed by atoms with E-state index < -0.39 is 0 Å². The largest absolute Gasteiger partial charge is 0.382 e. The summed E-state index contributed by atoms with van der Waals surface area (Å²) in [6.07, 6.45) is 3.49. The lowest BCUT2D eigenvalue weighted by molar-refractivity contribution is 0.145. The van der Waals surface area contributed by atoms with Crippen LogP contribution in [0.25, 0.3) is 0 Å². The second-order valence-electron chi connectivity index (χ2n) is 4.94. The maximum atomic E-state index is 5.33. The number of nitrogens with one attached hydrogen (secondary N) is 2. The number of aromatic nitrogens is 1. The van der Waals surface area contributed by atoms with E-state index in [0.29, 0.717) is 12.6 Å². The van der Waals surface area contributed by atoms with Crippen LogP contribution in [0.3, 0.4) is 0 Å². The number of thiazole rings is 1. The Labute approximate surface area is 124 Å². The SMILES string of the molecule is CCOCCCNC(=NCc1nc(C)cs1)NC1CC1. The van der Waals surface area contributed by atoms with Gasteiger partial charge in [0.1, 0.15) is 5.01 Å². The molecule has 1 aliphatic carbocycles. The van der Waals surface area contributed by atoms with E-state index in [4.69, 9.17) is 4.74 Å². The molecule has 2 N–H and O–H groups in total. The Balaban J connectivity index is 1.76. The molecule has 1 aromatic heterocycles. The third-order valence-electron chi connectivity index (χ3n) is 2.92. The Morgan fingerprint density at radius 3 is 3.05 bits per heavy atom. The summed E-state index contributed by atoms with van der Waals surface area (Å²) in [6.45, 7) is 7.14. The van der Waals surface area contributed by atoms with Crippen molar-refractivity contribution in [2.75, 3.05) is 19.8 Å². The Bertz CT molecular complexity index is 429. The maximum Gasteiger partial charge on any atom is 0.191 e. The summed E-state index contributed by atoms with van der Waals surface area (Å²) in [7, 11) is 0. The molecule has 0 aliphatic heterocycles. The fraction of sp³-hybridized carbons (Fsp3) is 0.714. The molecule has 1 aromatic rings. The first-order valence-corrected chi connectivity index (χ1v) is 8.19. The van der Waals surface area contributed by atoms with Crippen molar-refractivity contribution in [1.82, 2.24) is 15.6 Å². The van der Waals surface area contributed by atoms with Crippen molar-refractivity contribution < 1.29 is 4.74 Å². The van der Waals surface area contributed by atoms with Crippen molar-refractivity contribution in [2.45, 2.75) is 45.7 Å². The van der Waals surface area contributed by atoms with Gasteiger partial charge in [-0.1, -0.05) is 0 Å². The maximum absolute atomic E-state index is 5.33. The van der Waals surface area contributed by atoms with Crippen molar-refractivity contribution in [3.63, 3.8) is 0 Å². The van der Waals surface area contributed by atoms with E-state index in [1.54, 1.807) is 11.3 Å². The smallest absolute Gasteiger partial charge is 0.191 e. The highest BCUT2D eigenvalue weighted by Crippen LogP contribution is 2.18. The first kappa shape index (κ1) is 15.3. The molecule has 5 nitrogen and oxygen atoms in total. The van der Waals surface area contributed by atoms with Crippen LogP contribution in [0, 0.1) is 6.92 Å². The topological polar surface area (TPSA) is 58.5 Å². The first-order valence-electron chi connectivity index (χ1n) is 7.31. The van der Waals surface area contributed by atoms with Gasteiger partial charge in [0.15, 0.2) is 5.96 Å². The third kappa shape index (κ3) is 5.88. The predicted molar refractivity (Wildman–Crippen MR) is 83.3 cm³/mol. The van der Waals surface area contributed by atoms with E-state index in [0.717, 1.165) is 42.8 Å². The summed E-state index contributed by atoms with van der Waals surface area (Å²) < 4.78 is 5.33. The normalized spacial score (nSPS) is 15.4. The number of hydrogen-bond donors (Lipinski definition) is 2. The molecule has 0 spiro atoms. The number of aryl methyl sites for hydroxylation is 1. The molecule has 0 unspecified atom stereocenters. The summed E-state index contributed by atoms with van der Waals surface area (Å²) in [6, 6.07) is 0.603. The predicted octanol–water partition coefficient (Wildman–Crippen LogP) is 2.08. The summed E-state index contributed by atoms with van der Waals surface area (Å²) in [4.78, 5) is 9.04. The lowest BCUT2D eigenvalue weighted by Gasteiger charge is -2.11. The van der Waals surface area contributed by atoms with Crippen molar-refractivity contribution >= 4 is 17.3 Å². The molecule has 0 atom stereocenters. The second kappa shape index (κ2) is 8.21. The molecule has 0 bridgehead atoms. The molecule has 112 valence electrons. The summed E-state index contributed by atoms with van der Waals surface area (Å²) in [5.74, 6) is 0.900. The minimum atomic E-state index is 0.603. The zero-order valence-corrected chi connectivity index (χ0v) is 13.1. The minimum absolute atomic E-state index is 0.603. The zero-order chi connectivity index (χ0) is 14.2. The van der Waals surface area contributed by atoms with Crippen LogP contribution in [-0.4, -0.2) is 36.7 Å². The molecule has 1 fully saturated rings. The average Bonchev–Trinajstić information content (AvgIpc) is 3.16. The highest BCUT2D eigenvalue weighted by atomic mass is 32.1. The number of guanidine groups is 1. The molecule has 1 heterocycles. The molecule has 0 amide bonds. The molecule has 1 saturated carbocycles. The van der Waals surface area contributed by atoms with Gasteiger partial charge >= 0.3 is 0 Å². The Kier molecular flexibility index (Phi) is 6.26. The van der Waals surface area contributed by atoms with Crippen LogP contribution in [0.1, 0.15) is 36.9 Å². The van der Waals surface area contributed by atoms with Gasteiger partial charge in [0.25, 0.3) is 0 Å².